The first-order valence-electron chi connectivity index (χ1n) is 11.0. The Morgan fingerprint density at radius 3 is 2.85 bits per heavy atom. The van der Waals surface area contributed by atoms with Crippen LogP contribution in [0.2, 0.25) is 0 Å². The molecule has 0 saturated heterocycles. The Hall–Kier alpha value is -3.81. The number of fused-ring (bicyclic) bond motifs is 2. The standard InChI is InChI=1S/C26H22N6S/c1-2-27-13-16-10-18(15-28-14-16)17-5-6-22-21(11-17)25(32-31-22)23-12-20-19(24-4-3-9-33-24)7-8-29-26(20)30-23/h3-12,14-15,27H,2,13H2,1H3,(H,29,30)(H,31,32). The van der Waals surface area contributed by atoms with E-state index in [-0.39, 0.29) is 0 Å². The number of hydrogen-bond acceptors (Lipinski definition) is 5. The maximum Gasteiger partial charge on any atom is 0.138 e. The van der Waals surface area contributed by atoms with Gasteiger partial charge in [-0.05, 0) is 59.4 Å². The highest BCUT2D eigenvalue weighted by atomic mass is 32.1. The molecule has 0 aliphatic carbocycles. The zero-order chi connectivity index (χ0) is 22.2. The summed E-state index contributed by atoms with van der Waals surface area (Å²) in [7, 11) is 0. The van der Waals surface area contributed by atoms with Crippen LogP contribution in [-0.4, -0.2) is 31.7 Å². The third kappa shape index (κ3) is 3.61. The molecule has 0 amide bonds. The maximum absolute atomic E-state index is 4.64. The van der Waals surface area contributed by atoms with Crippen molar-refractivity contribution in [1.82, 2.24) is 30.5 Å². The number of pyridine rings is 2. The van der Waals surface area contributed by atoms with Crippen LogP contribution in [-0.2, 0) is 6.54 Å². The highest BCUT2D eigenvalue weighted by Gasteiger charge is 2.15. The fourth-order valence-corrected chi connectivity index (χ4v) is 4.98. The summed E-state index contributed by atoms with van der Waals surface area (Å²) in [5.74, 6) is 0. The van der Waals surface area contributed by atoms with E-state index in [1.807, 2.05) is 18.6 Å². The fraction of sp³-hybridized carbons (Fsp3) is 0.115. The smallest absolute Gasteiger partial charge is 0.138 e. The third-order valence-electron chi connectivity index (χ3n) is 5.84. The number of thiophene rings is 1. The Kier molecular flexibility index (Phi) is 4.97. The minimum absolute atomic E-state index is 0.811. The maximum atomic E-state index is 4.64. The average Bonchev–Trinajstić information content (AvgIpc) is 3.61. The van der Waals surface area contributed by atoms with Gasteiger partial charge in [-0.15, -0.1) is 11.3 Å². The molecule has 0 spiro atoms. The van der Waals surface area contributed by atoms with Crippen molar-refractivity contribution in [3.05, 3.63) is 78.1 Å². The number of H-pyrrole nitrogens is 2. The number of rotatable bonds is 6. The van der Waals surface area contributed by atoms with Gasteiger partial charge in [0.1, 0.15) is 11.3 Å². The monoisotopic (exact) mass is 450 g/mol. The van der Waals surface area contributed by atoms with Crippen molar-refractivity contribution >= 4 is 33.3 Å². The van der Waals surface area contributed by atoms with E-state index in [9.17, 15) is 0 Å². The SMILES string of the molecule is CCNCc1cncc(-c2ccc3[nH]nc(-c4cc5c(-c6cccs6)ccnc5[nH]4)c3c2)c1. The second-order valence-corrected chi connectivity index (χ2v) is 8.92. The molecule has 1 aromatic carbocycles. The molecular weight excluding hydrogens is 428 g/mol. The summed E-state index contributed by atoms with van der Waals surface area (Å²) in [5, 5.41) is 15.4. The van der Waals surface area contributed by atoms with Gasteiger partial charge in [-0.25, -0.2) is 4.98 Å². The molecular formula is C26H22N6S. The number of hydrogen-bond donors (Lipinski definition) is 3. The number of aromatic nitrogens is 5. The molecule has 0 aliphatic rings. The van der Waals surface area contributed by atoms with E-state index in [1.165, 1.54) is 16.0 Å². The molecule has 0 unspecified atom stereocenters. The van der Waals surface area contributed by atoms with Crippen molar-refractivity contribution in [3.63, 3.8) is 0 Å². The van der Waals surface area contributed by atoms with E-state index >= 15 is 0 Å². The predicted molar refractivity (Wildman–Crippen MR) is 135 cm³/mol. The van der Waals surface area contributed by atoms with Crippen LogP contribution in [0.25, 0.3) is 54.9 Å². The molecule has 5 heterocycles. The van der Waals surface area contributed by atoms with E-state index in [2.05, 4.69) is 91.3 Å². The molecule has 0 saturated carbocycles. The van der Waals surface area contributed by atoms with Gasteiger partial charge >= 0.3 is 0 Å². The normalized spacial score (nSPS) is 11.5. The second kappa shape index (κ2) is 8.27. The van der Waals surface area contributed by atoms with Gasteiger partial charge in [0.2, 0.25) is 0 Å². The topological polar surface area (TPSA) is 82.3 Å². The lowest BCUT2D eigenvalue weighted by molar-refractivity contribution is 0.724. The average molecular weight is 451 g/mol. The van der Waals surface area contributed by atoms with Crippen molar-refractivity contribution in [2.24, 2.45) is 0 Å². The van der Waals surface area contributed by atoms with Gasteiger partial charge in [0, 0.05) is 51.9 Å². The lowest BCUT2D eigenvalue weighted by atomic mass is 10.0. The Bertz CT molecular complexity index is 1560. The first-order chi connectivity index (χ1) is 16.3. The number of nitrogens with one attached hydrogen (secondary N) is 3. The van der Waals surface area contributed by atoms with Gasteiger partial charge in [-0.1, -0.05) is 19.1 Å². The van der Waals surface area contributed by atoms with Gasteiger partial charge in [0.25, 0.3) is 0 Å². The first kappa shape index (κ1) is 19.8. The van der Waals surface area contributed by atoms with Crippen LogP contribution in [0, 0.1) is 0 Å². The number of nitrogens with zero attached hydrogens (tertiary/aromatic N) is 3. The van der Waals surface area contributed by atoms with Crippen molar-refractivity contribution in [3.8, 4) is 33.0 Å². The molecule has 7 heteroatoms. The second-order valence-electron chi connectivity index (χ2n) is 7.98. The van der Waals surface area contributed by atoms with Crippen molar-refractivity contribution in [2.75, 3.05) is 6.54 Å². The molecule has 162 valence electrons. The molecule has 6 nitrogen and oxygen atoms in total. The quantitative estimate of drug-likeness (QED) is 0.290. The van der Waals surface area contributed by atoms with Gasteiger partial charge in [0.05, 0.1) is 11.2 Å². The summed E-state index contributed by atoms with van der Waals surface area (Å²) in [6, 6.07) is 17.0. The van der Waals surface area contributed by atoms with Crippen LogP contribution < -0.4 is 5.32 Å². The van der Waals surface area contributed by atoms with Crippen LogP contribution in [0.15, 0.2) is 72.5 Å². The van der Waals surface area contributed by atoms with Gasteiger partial charge < -0.3 is 10.3 Å². The van der Waals surface area contributed by atoms with E-state index < -0.39 is 0 Å². The zero-order valence-corrected chi connectivity index (χ0v) is 18.9. The summed E-state index contributed by atoms with van der Waals surface area (Å²) < 4.78 is 0. The summed E-state index contributed by atoms with van der Waals surface area (Å²) in [6.45, 7) is 3.85. The van der Waals surface area contributed by atoms with E-state index in [0.29, 0.717) is 0 Å². The van der Waals surface area contributed by atoms with Crippen molar-refractivity contribution < 1.29 is 0 Å². The van der Waals surface area contributed by atoms with E-state index in [4.69, 9.17) is 0 Å². The summed E-state index contributed by atoms with van der Waals surface area (Å²) in [5.41, 5.74) is 8.26. The molecule has 0 bridgehead atoms. The van der Waals surface area contributed by atoms with Crippen LogP contribution in [0.1, 0.15) is 12.5 Å². The molecule has 0 radical (unpaired) electrons. The number of aromatic amines is 2. The Morgan fingerprint density at radius 1 is 1.00 bits per heavy atom. The van der Waals surface area contributed by atoms with Crippen LogP contribution >= 0.6 is 11.3 Å². The van der Waals surface area contributed by atoms with Crippen molar-refractivity contribution in [2.45, 2.75) is 13.5 Å². The highest BCUT2D eigenvalue weighted by molar-refractivity contribution is 7.13. The highest BCUT2D eigenvalue weighted by Crippen LogP contribution is 2.35. The molecule has 33 heavy (non-hydrogen) atoms. The fourth-order valence-electron chi connectivity index (χ4n) is 4.21. The lowest BCUT2D eigenvalue weighted by Gasteiger charge is -2.06. The Labute approximate surface area is 194 Å². The molecule has 3 N–H and O–H groups in total. The van der Waals surface area contributed by atoms with E-state index in [0.717, 1.165) is 57.5 Å². The van der Waals surface area contributed by atoms with E-state index in [1.54, 1.807) is 11.3 Å². The molecule has 0 aliphatic heterocycles. The van der Waals surface area contributed by atoms with Gasteiger partial charge in [-0.2, -0.15) is 5.10 Å². The molecule has 6 rings (SSSR count). The minimum Gasteiger partial charge on any atom is -0.338 e. The summed E-state index contributed by atoms with van der Waals surface area (Å²) in [6.07, 6.45) is 5.68. The van der Waals surface area contributed by atoms with Crippen molar-refractivity contribution in [1.29, 1.82) is 0 Å². The zero-order valence-electron chi connectivity index (χ0n) is 18.1. The Morgan fingerprint density at radius 2 is 1.97 bits per heavy atom. The third-order valence-corrected chi connectivity index (χ3v) is 6.75. The molecule has 6 aromatic rings. The molecule has 5 aromatic heterocycles. The summed E-state index contributed by atoms with van der Waals surface area (Å²) in [4.78, 5) is 13.7. The van der Waals surface area contributed by atoms with Crippen LogP contribution in [0.5, 0.6) is 0 Å². The van der Waals surface area contributed by atoms with Gasteiger partial charge in [-0.3, -0.25) is 10.1 Å². The molecule has 0 fully saturated rings. The number of benzene rings is 1. The minimum atomic E-state index is 0.811. The lowest BCUT2D eigenvalue weighted by Crippen LogP contribution is -2.11. The molecule has 0 atom stereocenters. The van der Waals surface area contributed by atoms with Gasteiger partial charge in [0.15, 0.2) is 0 Å². The predicted octanol–water partition coefficient (Wildman–Crippen LogP) is 6.01. The first-order valence-corrected chi connectivity index (χ1v) is 11.8. The largest absolute Gasteiger partial charge is 0.338 e. The van der Waals surface area contributed by atoms with Crippen LogP contribution in [0.4, 0.5) is 0 Å². The Balaban J connectivity index is 1.44. The summed E-state index contributed by atoms with van der Waals surface area (Å²) >= 11 is 1.73. The van der Waals surface area contributed by atoms with Crippen LogP contribution in [0.3, 0.4) is 0 Å².